The number of carbonyl (C=O) groups excluding carboxylic acids is 1. The van der Waals surface area contributed by atoms with Crippen LogP contribution in [0.3, 0.4) is 0 Å². The zero-order valence-corrected chi connectivity index (χ0v) is 11.2. The van der Waals surface area contributed by atoms with Gasteiger partial charge in [0.15, 0.2) is 0 Å². The Morgan fingerprint density at radius 2 is 1.85 bits per heavy atom. The van der Waals surface area contributed by atoms with Gasteiger partial charge in [0.1, 0.15) is 12.2 Å². The predicted octanol–water partition coefficient (Wildman–Crippen LogP) is -1.85. The van der Waals surface area contributed by atoms with Crippen molar-refractivity contribution in [2.24, 2.45) is 0 Å². The van der Waals surface area contributed by atoms with Gasteiger partial charge in [0, 0.05) is 19.2 Å². The number of hydrogen-bond donors (Lipinski definition) is 3. The molecule has 3 N–H and O–H groups in total. The molecule has 0 unspecified atom stereocenters. The van der Waals surface area contributed by atoms with E-state index >= 15 is 0 Å². The lowest BCUT2D eigenvalue weighted by molar-refractivity contribution is -0.137. The van der Waals surface area contributed by atoms with Gasteiger partial charge in [-0.2, -0.15) is 0 Å². The standard InChI is InChI=1S/C11H16N4O5/c1-14(2)3-4-15(6-9(17)18)10(19)7-5-8(16)13-11(20)12-7/h5H,3-4,6H2,1-2H3,(H,17,18)(H2,12,13,16,20). The Labute approximate surface area is 113 Å². The van der Waals surface area contributed by atoms with Crippen LogP contribution in [-0.2, 0) is 4.79 Å². The topological polar surface area (TPSA) is 127 Å². The lowest BCUT2D eigenvalue weighted by Gasteiger charge is -2.22. The maximum absolute atomic E-state index is 12.1. The molecule has 0 aliphatic heterocycles. The molecule has 0 aliphatic rings. The Bertz CT molecular complexity index is 575. The number of carboxylic acids is 1. The highest BCUT2D eigenvalue weighted by atomic mass is 16.4. The third kappa shape index (κ3) is 4.69. The van der Waals surface area contributed by atoms with E-state index in [1.54, 1.807) is 19.0 Å². The molecule has 0 saturated carbocycles. The number of H-pyrrole nitrogens is 2. The quantitative estimate of drug-likeness (QED) is 0.563. The van der Waals surface area contributed by atoms with Crippen LogP contribution in [0, 0.1) is 0 Å². The average Bonchev–Trinajstić information content (AvgIpc) is 2.31. The summed E-state index contributed by atoms with van der Waals surface area (Å²) in [4.78, 5) is 52.1. The highest BCUT2D eigenvalue weighted by Crippen LogP contribution is 1.98. The van der Waals surface area contributed by atoms with Crippen LogP contribution in [0.25, 0.3) is 0 Å². The number of amides is 1. The van der Waals surface area contributed by atoms with Crippen LogP contribution in [0.1, 0.15) is 10.5 Å². The number of nitrogens with zero attached hydrogens (tertiary/aromatic N) is 2. The molecule has 0 spiro atoms. The molecule has 0 atom stereocenters. The number of aromatic amines is 2. The van der Waals surface area contributed by atoms with Crippen molar-refractivity contribution >= 4 is 11.9 Å². The Kier molecular flexibility index (Phi) is 5.21. The summed E-state index contributed by atoms with van der Waals surface area (Å²) in [5.74, 6) is -1.89. The van der Waals surface area contributed by atoms with Crippen LogP contribution in [0.2, 0.25) is 0 Å². The summed E-state index contributed by atoms with van der Waals surface area (Å²) >= 11 is 0. The number of hydrogen-bond acceptors (Lipinski definition) is 5. The first-order valence-electron chi connectivity index (χ1n) is 5.79. The van der Waals surface area contributed by atoms with E-state index in [-0.39, 0.29) is 12.2 Å². The minimum atomic E-state index is -1.18. The second-order valence-corrected chi connectivity index (χ2v) is 4.43. The van der Waals surface area contributed by atoms with Gasteiger partial charge in [0.25, 0.3) is 11.5 Å². The van der Waals surface area contributed by atoms with Crippen molar-refractivity contribution < 1.29 is 14.7 Å². The fourth-order valence-corrected chi connectivity index (χ4v) is 1.49. The molecule has 20 heavy (non-hydrogen) atoms. The van der Waals surface area contributed by atoms with Crippen LogP contribution in [-0.4, -0.2) is 70.5 Å². The molecule has 9 heteroatoms. The number of carbonyl (C=O) groups is 2. The summed E-state index contributed by atoms with van der Waals surface area (Å²) in [6.07, 6.45) is 0. The van der Waals surface area contributed by atoms with Crippen molar-refractivity contribution in [3.8, 4) is 0 Å². The van der Waals surface area contributed by atoms with Crippen molar-refractivity contribution in [2.45, 2.75) is 0 Å². The maximum Gasteiger partial charge on any atom is 0.326 e. The van der Waals surface area contributed by atoms with Gasteiger partial charge >= 0.3 is 11.7 Å². The van der Waals surface area contributed by atoms with Crippen LogP contribution in [0.5, 0.6) is 0 Å². The van der Waals surface area contributed by atoms with E-state index in [0.29, 0.717) is 6.54 Å². The number of nitrogens with one attached hydrogen (secondary N) is 2. The van der Waals surface area contributed by atoms with E-state index in [9.17, 15) is 19.2 Å². The highest BCUT2D eigenvalue weighted by molar-refractivity contribution is 5.93. The van der Waals surface area contributed by atoms with E-state index in [4.69, 9.17) is 5.11 Å². The van der Waals surface area contributed by atoms with Gasteiger partial charge in [0.2, 0.25) is 0 Å². The van der Waals surface area contributed by atoms with Crippen LogP contribution < -0.4 is 11.2 Å². The molecule has 0 aromatic carbocycles. The minimum absolute atomic E-state index is 0.160. The first-order valence-corrected chi connectivity index (χ1v) is 5.79. The Morgan fingerprint density at radius 1 is 1.20 bits per heavy atom. The zero-order chi connectivity index (χ0) is 15.3. The number of rotatable bonds is 6. The van der Waals surface area contributed by atoms with E-state index in [2.05, 4.69) is 4.98 Å². The van der Waals surface area contributed by atoms with Crippen molar-refractivity contribution in [1.82, 2.24) is 19.8 Å². The zero-order valence-electron chi connectivity index (χ0n) is 11.2. The Morgan fingerprint density at radius 3 is 2.35 bits per heavy atom. The lowest BCUT2D eigenvalue weighted by atomic mass is 10.3. The molecule has 110 valence electrons. The molecule has 1 rings (SSSR count). The number of carboxylic acid groups (broad SMARTS) is 1. The summed E-state index contributed by atoms with van der Waals surface area (Å²) < 4.78 is 0. The molecule has 1 amide bonds. The van der Waals surface area contributed by atoms with Gasteiger partial charge in [-0.15, -0.1) is 0 Å². The summed E-state index contributed by atoms with van der Waals surface area (Å²) in [6.45, 7) is 0.0981. The minimum Gasteiger partial charge on any atom is -0.480 e. The first-order chi connectivity index (χ1) is 9.29. The monoisotopic (exact) mass is 284 g/mol. The molecule has 0 aliphatic carbocycles. The summed E-state index contributed by atoms with van der Waals surface area (Å²) in [6, 6.07) is 0.925. The second-order valence-electron chi connectivity index (χ2n) is 4.43. The Balaban J connectivity index is 2.99. The third-order valence-corrected chi connectivity index (χ3v) is 2.42. The third-order valence-electron chi connectivity index (χ3n) is 2.42. The van der Waals surface area contributed by atoms with E-state index in [0.717, 1.165) is 11.0 Å². The van der Waals surface area contributed by atoms with Crippen molar-refractivity contribution in [2.75, 3.05) is 33.7 Å². The summed E-state index contributed by atoms with van der Waals surface area (Å²) in [5, 5.41) is 8.81. The second kappa shape index (κ2) is 6.66. The highest BCUT2D eigenvalue weighted by Gasteiger charge is 2.19. The number of aliphatic carboxylic acids is 1. The van der Waals surface area contributed by atoms with E-state index in [1.807, 2.05) is 4.98 Å². The molecule has 0 fully saturated rings. The van der Waals surface area contributed by atoms with Gasteiger partial charge in [0.05, 0.1) is 0 Å². The van der Waals surface area contributed by atoms with Crippen molar-refractivity contribution in [3.05, 3.63) is 32.6 Å². The van der Waals surface area contributed by atoms with Crippen molar-refractivity contribution in [1.29, 1.82) is 0 Å². The first kappa shape index (κ1) is 15.6. The average molecular weight is 284 g/mol. The van der Waals surface area contributed by atoms with Gasteiger partial charge in [-0.3, -0.25) is 19.4 Å². The van der Waals surface area contributed by atoms with E-state index in [1.165, 1.54) is 0 Å². The molecule has 0 radical (unpaired) electrons. The van der Waals surface area contributed by atoms with Crippen LogP contribution in [0.4, 0.5) is 0 Å². The molecular formula is C11H16N4O5. The lowest BCUT2D eigenvalue weighted by Crippen LogP contribution is -2.41. The Hall–Kier alpha value is -2.42. The number of aromatic nitrogens is 2. The van der Waals surface area contributed by atoms with Crippen LogP contribution in [0.15, 0.2) is 15.7 Å². The largest absolute Gasteiger partial charge is 0.480 e. The van der Waals surface area contributed by atoms with Gasteiger partial charge < -0.3 is 19.9 Å². The normalized spacial score (nSPS) is 10.6. The van der Waals surface area contributed by atoms with E-state index < -0.39 is 29.7 Å². The molecule has 1 aromatic heterocycles. The SMILES string of the molecule is CN(C)CCN(CC(=O)O)C(=O)c1cc(=O)[nH]c(=O)[nH]1. The fourth-order valence-electron chi connectivity index (χ4n) is 1.49. The van der Waals surface area contributed by atoms with Gasteiger partial charge in [-0.1, -0.05) is 0 Å². The molecule has 0 saturated heterocycles. The van der Waals surface area contributed by atoms with Gasteiger partial charge in [-0.25, -0.2) is 4.79 Å². The fraction of sp³-hybridized carbons (Fsp3) is 0.455. The molecule has 1 heterocycles. The summed E-state index contributed by atoms with van der Waals surface area (Å²) in [7, 11) is 3.55. The van der Waals surface area contributed by atoms with Crippen molar-refractivity contribution in [3.63, 3.8) is 0 Å². The predicted molar refractivity (Wildman–Crippen MR) is 69.8 cm³/mol. The molecule has 1 aromatic rings. The smallest absolute Gasteiger partial charge is 0.326 e. The molecular weight excluding hydrogens is 268 g/mol. The molecule has 9 nitrogen and oxygen atoms in total. The number of likely N-dealkylation sites (N-methyl/N-ethyl adjacent to an activating group) is 1. The molecule has 0 bridgehead atoms. The van der Waals surface area contributed by atoms with Crippen LogP contribution >= 0.6 is 0 Å². The van der Waals surface area contributed by atoms with Gasteiger partial charge in [-0.05, 0) is 14.1 Å². The maximum atomic E-state index is 12.1. The summed E-state index contributed by atoms with van der Waals surface area (Å²) in [5.41, 5.74) is -1.78.